The molecule has 0 aliphatic heterocycles. The number of aliphatic hydroxyl groups excluding tert-OH is 1. The maximum atomic E-state index is 10.7. The summed E-state index contributed by atoms with van der Waals surface area (Å²) in [6.07, 6.45) is 3.70. The summed E-state index contributed by atoms with van der Waals surface area (Å²) in [5.41, 5.74) is -0.533. The van der Waals surface area contributed by atoms with Gasteiger partial charge in [-0.15, -0.1) is 0 Å². The average molecular weight is 272 g/mol. The van der Waals surface area contributed by atoms with Crippen molar-refractivity contribution < 1.29 is 10.0 Å². The lowest BCUT2D eigenvalue weighted by Crippen LogP contribution is -2.39. The Morgan fingerprint density at radius 3 is 2.72 bits per heavy atom. The fourth-order valence-corrected chi connectivity index (χ4v) is 2.50. The van der Waals surface area contributed by atoms with Gasteiger partial charge in [0.2, 0.25) is 0 Å². The maximum Gasteiger partial charge on any atom is 0.276 e. The van der Waals surface area contributed by atoms with Gasteiger partial charge in [-0.3, -0.25) is 10.1 Å². The topological polar surface area (TPSA) is 88.3 Å². The predicted molar refractivity (Wildman–Crippen MR) is 67.8 cm³/mol. The van der Waals surface area contributed by atoms with Crippen molar-refractivity contribution in [2.75, 3.05) is 11.9 Å². The molecule has 0 aromatic carbocycles. The van der Waals surface area contributed by atoms with Crippen LogP contribution in [0.15, 0.2) is 12.1 Å². The van der Waals surface area contributed by atoms with Crippen LogP contribution in [0.1, 0.15) is 25.7 Å². The summed E-state index contributed by atoms with van der Waals surface area (Å²) < 4.78 is 0. The van der Waals surface area contributed by atoms with E-state index in [1.54, 1.807) is 0 Å². The molecule has 0 spiro atoms. The molecule has 0 saturated heterocycles. The van der Waals surface area contributed by atoms with E-state index < -0.39 is 10.5 Å². The highest BCUT2D eigenvalue weighted by molar-refractivity contribution is 6.29. The van der Waals surface area contributed by atoms with Gasteiger partial charge in [0, 0.05) is 0 Å². The Morgan fingerprint density at radius 2 is 2.17 bits per heavy atom. The van der Waals surface area contributed by atoms with Crippen LogP contribution < -0.4 is 5.32 Å². The Kier molecular flexibility index (Phi) is 3.68. The van der Waals surface area contributed by atoms with Crippen molar-refractivity contribution >= 4 is 23.1 Å². The quantitative estimate of drug-likeness (QED) is 0.498. The number of pyridine rings is 1. The SMILES string of the molecule is O=[N+]([O-])c1cc(Cl)nc(NC2(CO)CCCC2)c1. The smallest absolute Gasteiger partial charge is 0.276 e. The highest BCUT2D eigenvalue weighted by Gasteiger charge is 2.33. The number of hydrogen-bond acceptors (Lipinski definition) is 5. The van der Waals surface area contributed by atoms with Gasteiger partial charge in [0.05, 0.1) is 29.2 Å². The monoisotopic (exact) mass is 271 g/mol. The van der Waals surface area contributed by atoms with Crippen molar-refractivity contribution in [3.05, 3.63) is 27.4 Å². The Balaban J connectivity index is 2.25. The van der Waals surface area contributed by atoms with Gasteiger partial charge in [0.1, 0.15) is 11.0 Å². The molecule has 1 aliphatic rings. The lowest BCUT2D eigenvalue weighted by atomic mass is 9.99. The third-order valence-corrected chi connectivity index (χ3v) is 3.44. The van der Waals surface area contributed by atoms with E-state index in [1.165, 1.54) is 12.1 Å². The van der Waals surface area contributed by atoms with Crippen molar-refractivity contribution in [1.29, 1.82) is 0 Å². The summed E-state index contributed by atoms with van der Waals surface area (Å²) in [5, 5.41) is 23.4. The zero-order chi connectivity index (χ0) is 13.2. The van der Waals surface area contributed by atoms with Crippen LogP contribution >= 0.6 is 11.6 Å². The maximum absolute atomic E-state index is 10.7. The van der Waals surface area contributed by atoms with E-state index in [0.29, 0.717) is 5.82 Å². The minimum Gasteiger partial charge on any atom is -0.394 e. The molecule has 98 valence electrons. The van der Waals surface area contributed by atoms with Crippen LogP contribution in [0.25, 0.3) is 0 Å². The number of nitro groups is 1. The molecule has 1 fully saturated rings. The molecule has 0 unspecified atom stereocenters. The van der Waals surface area contributed by atoms with Gasteiger partial charge >= 0.3 is 0 Å². The fraction of sp³-hybridized carbons (Fsp3) is 0.545. The first-order valence-corrected chi connectivity index (χ1v) is 6.13. The number of aromatic nitrogens is 1. The van der Waals surface area contributed by atoms with Gasteiger partial charge in [0.25, 0.3) is 5.69 Å². The van der Waals surface area contributed by atoms with E-state index in [0.717, 1.165) is 25.7 Å². The molecule has 0 bridgehead atoms. The molecule has 6 nitrogen and oxygen atoms in total. The molecule has 1 aliphatic carbocycles. The van der Waals surface area contributed by atoms with Crippen LogP contribution in [-0.4, -0.2) is 27.2 Å². The third kappa shape index (κ3) is 2.70. The molecular formula is C11H14ClN3O3. The predicted octanol–water partition coefficient (Wildman–Crippen LogP) is 2.36. The van der Waals surface area contributed by atoms with E-state index in [9.17, 15) is 15.2 Å². The van der Waals surface area contributed by atoms with Gasteiger partial charge in [-0.05, 0) is 12.8 Å². The fourth-order valence-electron chi connectivity index (χ4n) is 2.30. The van der Waals surface area contributed by atoms with Crippen molar-refractivity contribution in [3.8, 4) is 0 Å². The summed E-state index contributed by atoms with van der Waals surface area (Å²) in [6.45, 7) is -0.0189. The Hall–Kier alpha value is -1.40. The van der Waals surface area contributed by atoms with Gasteiger partial charge in [-0.2, -0.15) is 0 Å². The van der Waals surface area contributed by atoms with Gasteiger partial charge in [0.15, 0.2) is 0 Å². The van der Waals surface area contributed by atoms with Crippen molar-refractivity contribution in [1.82, 2.24) is 4.98 Å². The number of halogens is 1. The van der Waals surface area contributed by atoms with Crippen LogP contribution in [0.4, 0.5) is 11.5 Å². The van der Waals surface area contributed by atoms with Crippen molar-refractivity contribution in [2.45, 2.75) is 31.2 Å². The van der Waals surface area contributed by atoms with Crippen LogP contribution in [0.3, 0.4) is 0 Å². The second-order valence-electron chi connectivity index (χ2n) is 4.56. The molecule has 1 aromatic heterocycles. The Bertz CT molecular complexity index is 461. The molecule has 18 heavy (non-hydrogen) atoms. The molecule has 0 amide bonds. The molecule has 1 saturated carbocycles. The summed E-state index contributed by atoms with van der Waals surface area (Å²) in [6, 6.07) is 2.54. The number of hydrogen-bond donors (Lipinski definition) is 2. The molecule has 1 heterocycles. The average Bonchev–Trinajstić information content (AvgIpc) is 2.77. The van der Waals surface area contributed by atoms with Gasteiger partial charge < -0.3 is 10.4 Å². The standard InChI is InChI=1S/C11H14ClN3O3/c12-9-5-8(15(17)18)6-10(13-9)14-11(7-16)3-1-2-4-11/h5-6,16H,1-4,7H2,(H,13,14). The molecule has 2 rings (SSSR count). The van der Waals surface area contributed by atoms with E-state index in [4.69, 9.17) is 11.6 Å². The van der Waals surface area contributed by atoms with Crippen molar-refractivity contribution in [3.63, 3.8) is 0 Å². The third-order valence-electron chi connectivity index (χ3n) is 3.25. The summed E-state index contributed by atoms with van der Waals surface area (Å²) in [5.74, 6) is 0.338. The molecule has 2 N–H and O–H groups in total. The molecular weight excluding hydrogens is 258 g/mol. The van der Waals surface area contributed by atoms with Crippen molar-refractivity contribution in [2.24, 2.45) is 0 Å². The zero-order valence-corrected chi connectivity index (χ0v) is 10.5. The molecule has 0 radical (unpaired) electrons. The van der Waals surface area contributed by atoms with Gasteiger partial charge in [-0.1, -0.05) is 24.4 Å². The zero-order valence-electron chi connectivity index (χ0n) is 9.73. The number of rotatable bonds is 4. The van der Waals surface area contributed by atoms with Crippen LogP contribution in [0, 0.1) is 10.1 Å². The van der Waals surface area contributed by atoms with Crippen LogP contribution in [0.5, 0.6) is 0 Å². The second-order valence-corrected chi connectivity index (χ2v) is 4.95. The first-order chi connectivity index (χ1) is 8.54. The highest BCUT2D eigenvalue weighted by Crippen LogP contribution is 2.33. The lowest BCUT2D eigenvalue weighted by molar-refractivity contribution is -0.384. The van der Waals surface area contributed by atoms with Crippen LogP contribution in [0.2, 0.25) is 5.15 Å². The first-order valence-electron chi connectivity index (χ1n) is 5.76. The minimum atomic E-state index is -0.515. The Morgan fingerprint density at radius 1 is 1.50 bits per heavy atom. The van der Waals surface area contributed by atoms with E-state index in [2.05, 4.69) is 10.3 Å². The van der Waals surface area contributed by atoms with Crippen LogP contribution in [-0.2, 0) is 0 Å². The van der Waals surface area contributed by atoms with E-state index in [-0.39, 0.29) is 17.4 Å². The molecule has 0 atom stereocenters. The van der Waals surface area contributed by atoms with E-state index >= 15 is 0 Å². The minimum absolute atomic E-state index is 0.0189. The number of aliphatic hydroxyl groups is 1. The van der Waals surface area contributed by atoms with E-state index in [1.807, 2.05) is 0 Å². The largest absolute Gasteiger partial charge is 0.394 e. The number of nitrogens with zero attached hydrogens (tertiary/aromatic N) is 2. The second kappa shape index (κ2) is 5.07. The normalized spacial score (nSPS) is 17.7. The number of anilines is 1. The van der Waals surface area contributed by atoms with Gasteiger partial charge in [-0.25, -0.2) is 4.98 Å². The molecule has 7 heteroatoms. The number of nitrogens with one attached hydrogen (secondary N) is 1. The lowest BCUT2D eigenvalue weighted by Gasteiger charge is -2.28. The summed E-state index contributed by atoms with van der Waals surface area (Å²) in [7, 11) is 0. The highest BCUT2D eigenvalue weighted by atomic mass is 35.5. The molecule has 1 aromatic rings. The Labute approximate surface area is 109 Å². The first kappa shape index (κ1) is 13.0. The summed E-state index contributed by atoms with van der Waals surface area (Å²) in [4.78, 5) is 14.2. The summed E-state index contributed by atoms with van der Waals surface area (Å²) >= 11 is 5.75.